The van der Waals surface area contributed by atoms with Crippen LogP contribution < -0.4 is 5.32 Å². The van der Waals surface area contributed by atoms with Crippen molar-refractivity contribution in [2.75, 3.05) is 0 Å². The van der Waals surface area contributed by atoms with E-state index in [0.29, 0.717) is 19.3 Å². The van der Waals surface area contributed by atoms with Crippen molar-refractivity contribution in [1.82, 2.24) is 10.3 Å². The Morgan fingerprint density at radius 2 is 1.92 bits per heavy atom. The first-order valence-electron chi connectivity index (χ1n) is 13.2. The molecule has 7 rings (SSSR count). The highest BCUT2D eigenvalue weighted by Crippen LogP contribution is 2.66. The second kappa shape index (κ2) is 7.39. The van der Waals surface area contributed by atoms with Crippen molar-refractivity contribution in [3.63, 3.8) is 0 Å². The fraction of sp³-hybridized carbons (Fsp3) is 0.552. The van der Waals surface area contributed by atoms with Gasteiger partial charge in [-0.1, -0.05) is 44.2 Å². The van der Waals surface area contributed by atoms with Crippen LogP contribution in [0.5, 0.6) is 0 Å². The van der Waals surface area contributed by atoms with Crippen molar-refractivity contribution in [1.29, 1.82) is 0 Å². The first-order chi connectivity index (χ1) is 17.3. The van der Waals surface area contributed by atoms with Gasteiger partial charge in [0.2, 0.25) is 5.91 Å². The summed E-state index contributed by atoms with van der Waals surface area (Å²) in [6, 6.07) is 7.90. The number of aromatic amines is 1. The topological polar surface area (TPSA) is 104 Å². The fourth-order valence-corrected chi connectivity index (χ4v) is 7.79. The zero-order valence-corrected chi connectivity index (χ0v) is 20.8. The summed E-state index contributed by atoms with van der Waals surface area (Å²) in [6.07, 6.45) is 6.05. The standard InChI is InChI=1S/C29H32N2O5/c1-14-7-6-9-18-26-28(3,36-26)15(2)22-20(12-16-13-30-19-10-5-4-8-17(16)19)31-27(34)29(18,22)25(33)24-23(35-24)21(32)11-14/h4-6,8-10,13-15,18,20,22-24,26,30H,7,11-12H2,1-3H3,(H,31,34). The summed E-state index contributed by atoms with van der Waals surface area (Å²) in [4.78, 5) is 44.6. The number of carbonyl (C=O) groups is 3. The molecular formula is C29H32N2O5. The molecule has 4 fully saturated rings. The Morgan fingerprint density at radius 3 is 2.75 bits per heavy atom. The molecule has 2 N–H and O–H groups in total. The van der Waals surface area contributed by atoms with Crippen molar-refractivity contribution < 1.29 is 23.9 Å². The van der Waals surface area contributed by atoms with Gasteiger partial charge in [0.15, 0.2) is 17.7 Å². The Labute approximate surface area is 210 Å². The van der Waals surface area contributed by atoms with Crippen LogP contribution in [0.25, 0.3) is 10.9 Å². The molecule has 188 valence electrons. The molecule has 1 aromatic carbocycles. The average molecular weight is 489 g/mol. The van der Waals surface area contributed by atoms with Gasteiger partial charge in [0.1, 0.15) is 11.5 Å². The molecule has 1 aromatic heterocycles. The summed E-state index contributed by atoms with van der Waals surface area (Å²) in [6.45, 7) is 6.27. The molecule has 36 heavy (non-hydrogen) atoms. The normalized spacial score (nSPS) is 45.2. The van der Waals surface area contributed by atoms with Gasteiger partial charge in [-0.05, 0) is 43.2 Å². The molecule has 10 atom stereocenters. The third kappa shape index (κ3) is 2.84. The molecule has 2 aliphatic carbocycles. The molecule has 3 saturated heterocycles. The number of rotatable bonds is 2. The van der Waals surface area contributed by atoms with E-state index in [2.05, 4.69) is 36.3 Å². The van der Waals surface area contributed by atoms with Crippen LogP contribution in [-0.4, -0.2) is 52.4 Å². The summed E-state index contributed by atoms with van der Waals surface area (Å²) in [5.41, 5.74) is 0.472. The zero-order valence-electron chi connectivity index (χ0n) is 20.8. The molecule has 1 spiro atoms. The van der Waals surface area contributed by atoms with Gasteiger partial charge in [0, 0.05) is 41.4 Å². The lowest BCUT2D eigenvalue weighted by atomic mass is 9.51. The molecule has 1 saturated carbocycles. The molecule has 7 nitrogen and oxygen atoms in total. The fourth-order valence-electron chi connectivity index (χ4n) is 7.79. The van der Waals surface area contributed by atoms with Crippen LogP contribution in [0.2, 0.25) is 0 Å². The third-order valence-corrected chi connectivity index (χ3v) is 9.86. The highest BCUT2D eigenvalue weighted by molar-refractivity contribution is 6.13. The molecule has 3 aliphatic heterocycles. The number of benzene rings is 1. The number of allylic oxidation sites excluding steroid dienone is 1. The number of amides is 1. The maximum absolute atomic E-state index is 14.3. The van der Waals surface area contributed by atoms with Crippen molar-refractivity contribution in [3.05, 3.63) is 48.2 Å². The minimum Gasteiger partial charge on any atom is -0.365 e. The van der Waals surface area contributed by atoms with Gasteiger partial charge in [-0.15, -0.1) is 0 Å². The van der Waals surface area contributed by atoms with Gasteiger partial charge in [0.25, 0.3) is 0 Å². The highest BCUT2D eigenvalue weighted by Gasteiger charge is 2.80. The van der Waals surface area contributed by atoms with Crippen molar-refractivity contribution >= 4 is 28.4 Å². The van der Waals surface area contributed by atoms with Gasteiger partial charge in [-0.2, -0.15) is 0 Å². The Morgan fingerprint density at radius 1 is 1.11 bits per heavy atom. The minimum atomic E-state index is -1.30. The van der Waals surface area contributed by atoms with Crippen LogP contribution in [0.15, 0.2) is 42.6 Å². The minimum absolute atomic E-state index is 0.0257. The van der Waals surface area contributed by atoms with E-state index in [4.69, 9.17) is 9.47 Å². The zero-order chi connectivity index (χ0) is 25.0. The monoisotopic (exact) mass is 488 g/mol. The maximum atomic E-state index is 14.3. The lowest BCUT2D eigenvalue weighted by Crippen LogP contribution is -2.59. The van der Waals surface area contributed by atoms with Crippen LogP contribution in [0.3, 0.4) is 0 Å². The second-order valence-electron chi connectivity index (χ2n) is 11.9. The predicted molar refractivity (Wildman–Crippen MR) is 132 cm³/mol. The second-order valence-corrected chi connectivity index (χ2v) is 11.9. The summed E-state index contributed by atoms with van der Waals surface area (Å²) >= 11 is 0. The number of aromatic nitrogens is 1. The number of H-pyrrole nitrogens is 1. The quantitative estimate of drug-likeness (QED) is 0.384. The van der Waals surface area contributed by atoms with Gasteiger partial charge >= 0.3 is 0 Å². The van der Waals surface area contributed by atoms with E-state index in [-0.39, 0.29) is 58.9 Å². The maximum Gasteiger partial charge on any atom is 0.235 e. The molecule has 2 aromatic rings. The molecule has 1 amide bonds. The average Bonchev–Trinajstić information content (AvgIpc) is 3.72. The number of Topliss-reactive ketones (excluding diaryl/α,β-unsaturated/α-hetero) is 2. The molecular weight excluding hydrogens is 456 g/mol. The number of nitrogens with one attached hydrogen (secondary N) is 2. The SMILES string of the molecule is CC1CC=CC2C3OC3(C)C(C)C3C(Cc4c[nH]c5ccccc45)NC(=O)C23C(=O)C2OC2C(=O)C1. The predicted octanol–water partition coefficient (Wildman–Crippen LogP) is 3.13. The lowest BCUT2D eigenvalue weighted by molar-refractivity contribution is -0.149. The number of para-hydroxylation sites is 1. The van der Waals surface area contributed by atoms with Gasteiger partial charge < -0.3 is 19.8 Å². The van der Waals surface area contributed by atoms with E-state index in [0.717, 1.165) is 16.5 Å². The number of hydrogen-bond donors (Lipinski definition) is 2. The van der Waals surface area contributed by atoms with E-state index < -0.39 is 17.6 Å². The molecule has 5 aliphatic rings. The van der Waals surface area contributed by atoms with Crippen LogP contribution in [0, 0.1) is 29.1 Å². The van der Waals surface area contributed by atoms with Crippen molar-refractivity contribution in [3.8, 4) is 0 Å². The summed E-state index contributed by atoms with van der Waals surface area (Å²) in [5, 5.41) is 4.39. The van der Waals surface area contributed by atoms with E-state index in [1.54, 1.807) is 0 Å². The number of epoxide rings is 2. The van der Waals surface area contributed by atoms with Crippen molar-refractivity contribution in [2.45, 2.75) is 70.0 Å². The number of carbonyl (C=O) groups excluding carboxylic acids is 3. The van der Waals surface area contributed by atoms with Crippen LogP contribution >= 0.6 is 0 Å². The molecule has 10 unspecified atom stereocenters. The number of fused-ring (bicyclic) bond motifs is 4. The van der Waals surface area contributed by atoms with Gasteiger partial charge in [-0.25, -0.2) is 0 Å². The largest absolute Gasteiger partial charge is 0.365 e. The number of ether oxygens (including phenoxy) is 2. The lowest BCUT2D eigenvalue weighted by Gasteiger charge is -2.45. The number of hydrogen-bond acceptors (Lipinski definition) is 5. The number of ketones is 2. The Bertz CT molecular complexity index is 1330. The summed E-state index contributed by atoms with van der Waals surface area (Å²) in [7, 11) is 0. The van der Waals surface area contributed by atoms with E-state index >= 15 is 0 Å². The molecule has 0 radical (unpaired) electrons. The van der Waals surface area contributed by atoms with Gasteiger partial charge in [0.05, 0.1) is 11.7 Å². The van der Waals surface area contributed by atoms with Crippen LogP contribution in [0.1, 0.15) is 39.2 Å². The van der Waals surface area contributed by atoms with E-state index in [9.17, 15) is 14.4 Å². The first-order valence-corrected chi connectivity index (χ1v) is 13.2. The highest BCUT2D eigenvalue weighted by atomic mass is 16.6. The van der Waals surface area contributed by atoms with E-state index in [1.165, 1.54) is 0 Å². The summed E-state index contributed by atoms with van der Waals surface area (Å²) in [5.74, 6) is -1.04. The smallest absolute Gasteiger partial charge is 0.235 e. The van der Waals surface area contributed by atoms with Gasteiger partial charge in [-0.3, -0.25) is 14.4 Å². The summed E-state index contributed by atoms with van der Waals surface area (Å²) < 4.78 is 12.0. The Balaban J connectivity index is 1.35. The van der Waals surface area contributed by atoms with E-state index in [1.807, 2.05) is 37.4 Å². The third-order valence-electron chi connectivity index (χ3n) is 9.86. The Kier molecular flexibility index (Phi) is 4.60. The first kappa shape index (κ1) is 22.4. The Hall–Kier alpha value is -2.77. The van der Waals surface area contributed by atoms with Crippen LogP contribution in [-0.2, 0) is 30.3 Å². The van der Waals surface area contributed by atoms with Crippen LogP contribution in [0.4, 0.5) is 0 Å². The molecule has 4 heterocycles. The molecule has 0 bridgehead atoms. The molecule has 7 heteroatoms. The van der Waals surface area contributed by atoms with Crippen molar-refractivity contribution in [2.24, 2.45) is 29.1 Å².